The van der Waals surface area contributed by atoms with E-state index in [-0.39, 0.29) is 11.9 Å². The SMILES string of the molecule is Cc1ncsc1CN(C)c1cccc(F)c1[C@@H](C)N. The molecule has 0 bridgehead atoms. The maximum absolute atomic E-state index is 13.9. The molecule has 1 heterocycles. The van der Waals surface area contributed by atoms with Crippen LogP contribution in [0.5, 0.6) is 0 Å². The second-order valence-electron chi connectivity index (χ2n) is 4.68. The molecule has 1 atom stereocenters. The molecule has 0 aliphatic heterocycles. The van der Waals surface area contributed by atoms with E-state index in [1.807, 2.05) is 30.4 Å². The van der Waals surface area contributed by atoms with Gasteiger partial charge >= 0.3 is 0 Å². The van der Waals surface area contributed by atoms with Gasteiger partial charge in [0.1, 0.15) is 5.82 Å². The topological polar surface area (TPSA) is 42.2 Å². The molecule has 2 aromatic rings. The molecule has 1 aromatic carbocycles. The summed E-state index contributed by atoms with van der Waals surface area (Å²) in [6, 6.07) is 4.74. The Labute approximate surface area is 116 Å². The number of halogens is 1. The standard InChI is InChI=1S/C14H18FN3S/c1-9(16)14-11(15)5-4-6-12(14)18(3)7-13-10(2)17-8-19-13/h4-6,8-9H,7,16H2,1-3H3/t9-/m1/s1. The minimum atomic E-state index is -0.332. The third kappa shape index (κ3) is 2.93. The van der Waals surface area contributed by atoms with E-state index in [1.165, 1.54) is 10.9 Å². The fourth-order valence-electron chi connectivity index (χ4n) is 2.09. The highest BCUT2D eigenvalue weighted by atomic mass is 32.1. The first-order valence-electron chi connectivity index (χ1n) is 6.14. The Morgan fingerprint density at radius 1 is 1.47 bits per heavy atom. The highest BCUT2D eigenvalue weighted by molar-refractivity contribution is 7.09. The third-order valence-corrected chi connectivity index (χ3v) is 4.04. The summed E-state index contributed by atoms with van der Waals surface area (Å²) in [5, 5.41) is 0. The van der Waals surface area contributed by atoms with Gasteiger partial charge in [0.25, 0.3) is 0 Å². The van der Waals surface area contributed by atoms with Gasteiger partial charge in [0.2, 0.25) is 0 Å². The van der Waals surface area contributed by atoms with E-state index in [9.17, 15) is 4.39 Å². The molecule has 0 saturated heterocycles. The number of aromatic nitrogens is 1. The Morgan fingerprint density at radius 2 is 2.21 bits per heavy atom. The molecule has 0 aliphatic carbocycles. The van der Waals surface area contributed by atoms with Crippen molar-refractivity contribution >= 4 is 17.0 Å². The summed E-state index contributed by atoms with van der Waals surface area (Å²) in [6.45, 7) is 4.49. The number of hydrogen-bond acceptors (Lipinski definition) is 4. The molecule has 102 valence electrons. The van der Waals surface area contributed by atoms with Crippen molar-refractivity contribution in [1.82, 2.24) is 4.98 Å². The summed E-state index contributed by atoms with van der Waals surface area (Å²) in [6.07, 6.45) is 0. The molecule has 0 saturated carbocycles. The summed E-state index contributed by atoms with van der Waals surface area (Å²) in [7, 11) is 1.94. The van der Waals surface area contributed by atoms with Gasteiger partial charge in [-0.3, -0.25) is 0 Å². The Kier molecular flexibility index (Phi) is 4.17. The van der Waals surface area contributed by atoms with Gasteiger partial charge in [-0.1, -0.05) is 6.07 Å². The lowest BCUT2D eigenvalue weighted by Gasteiger charge is -2.24. The average Bonchev–Trinajstić information content (AvgIpc) is 2.74. The normalized spacial score (nSPS) is 12.5. The maximum atomic E-state index is 13.9. The van der Waals surface area contributed by atoms with E-state index >= 15 is 0 Å². The van der Waals surface area contributed by atoms with Crippen LogP contribution in [-0.2, 0) is 6.54 Å². The van der Waals surface area contributed by atoms with Crippen LogP contribution in [0.15, 0.2) is 23.7 Å². The first-order valence-corrected chi connectivity index (χ1v) is 7.02. The van der Waals surface area contributed by atoms with Gasteiger partial charge in [0, 0.05) is 29.2 Å². The zero-order chi connectivity index (χ0) is 14.0. The average molecular weight is 279 g/mol. The van der Waals surface area contributed by atoms with Crippen LogP contribution < -0.4 is 10.6 Å². The molecule has 0 unspecified atom stereocenters. The first-order chi connectivity index (χ1) is 9.00. The van der Waals surface area contributed by atoms with Crippen LogP contribution in [0.2, 0.25) is 0 Å². The second-order valence-corrected chi connectivity index (χ2v) is 5.62. The molecule has 0 fully saturated rings. The summed E-state index contributed by atoms with van der Waals surface area (Å²) < 4.78 is 13.9. The zero-order valence-corrected chi connectivity index (χ0v) is 12.2. The van der Waals surface area contributed by atoms with Crippen LogP contribution in [0.25, 0.3) is 0 Å². The van der Waals surface area contributed by atoms with Crippen molar-refractivity contribution in [2.24, 2.45) is 5.73 Å². The summed E-state index contributed by atoms with van der Waals surface area (Å²) in [5.41, 5.74) is 10.1. The lowest BCUT2D eigenvalue weighted by Crippen LogP contribution is -2.21. The number of nitrogens with two attached hydrogens (primary N) is 1. The molecule has 0 radical (unpaired) electrons. The van der Waals surface area contributed by atoms with E-state index in [4.69, 9.17) is 5.73 Å². The van der Waals surface area contributed by atoms with Crippen LogP contribution in [0.3, 0.4) is 0 Å². The van der Waals surface area contributed by atoms with E-state index in [0.717, 1.165) is 11.4 Å². The quantitative estimate of drug-likeness (QED) is 0.934. The van der Waals surface area contributed by atoms with Crippen LogP contribution >= 0.6 is 11.3 Å². The molecule has 5 heteroatoms. The van der Waals surface area contributed by atoms with Gasteiger partial charge in [-0.05, 0) is 26.0 Å². The minimum Gasteiger partial charge on any atom is -0.369 e. The van der Waals surface area contributed by atoms with Gasteiger partial charge in [0.05, 0.1) is 17.7 Å². The molecule has 0 aliphatic rings. The van der Waals surface area contributed by atoms with E-state index in [1.54, 1.807) is 24.3 Å². The molecular weight excluding hydrogens is 261 g/mol. The van der Waals surface area contributed by atoms with Crippen molar-refractivity contribution in [2.75, 3.05) is 11.9 Å². The number of benzene rings is 1. The zero-order valence-electron chi connectivity index (χ0n) is 11.4. The fourth-order valence-corrected chi connectivity index (χ4v) is 2.92. The van der Waals surface area contributed by atoms with Gasteiger partial charge in [-0.2, -0.15) is 0 Å². The van der Waals surface area contributed by atoms with Gasteiger partial charge in [0.15, 0.2) is 0 Å². The molecule has 2 N–H and O–H groups in total. The highest BCUT2D eigenvalue weighted by Gasteiger charge is 2.16. The summed E-state index contributed by atoms with van der Waals surface area (Å²) in [4.78, 5) is 7.43. The molecule has 2 rings (SSSR count). The third-order valence-electron chi connectivity index (χ3n) is 3.12. The van der Waals surface area contributed by atoms with Crippen molar-refractivity contribution in [3.63, 3.8) is 0 Å². The Morgan fingerprint density at radius 3 is 2.79 bits per heavy atom. The molecule has 0 amide bonds. The molecule has 3 nitrogen and oxygen atoms in total. The lowest BCUT2D eigenvalue weighted by molar-refractivity contribution is 0.592. The second kappa shape index (κ2) is 5.67. The Balaban J connectivity index is 2.31. The van der Waals surface area contributed by atoms with E-state index in [2.05, 4.69) is 4.98 Å². The lowest BCUT2D eigenvalue weighted by atomic mass is 10.1. The molecular formula is C14H18FN3S. The fraction of sp³-hybridized carbons (Fsp3) is 0.357. The summed E-state index contributed by atoms with van der Waals surface area (Å²) >= 11 is 1.61. The largest absolute Gasteiger partial charge is 0.369 e. The number of anilines is 1. The van der Waals surface area contributed by atoms with Crippen molar-refractivity contribution in [1.29, 1.82) is 0 Å². The maximum Gasteiger partial charge on any atom is 0.130 e. The monoisotopic (exact) mass is 279 g/mol. The van der Waals surface area contributed by atoms with Crippen LogP contribution in [0.1, 0.15) is 29.1 Å². The highest BCUT2D eigenvalue weighted by Crippen LogP contribution is 2.29. The predicted molar refractivity (Wildman–Crippen MR) is 78.0 cm³/mol. The van der Waals surface area contributed by atoms with Crippen molar-refractivity contribution in [3.8, 4) is 0 Å². The van der Waals surface area contributed by atoms with Crippen LogP contribution in [-0.4, -0.2) is 12.0 Å². The van der Waals surface area contributed by atoms with Crippen molar-refractivity contribution < 1.29 is 4.39 Å². The number of thiazole rings is 1. The molecule has 19 heavy (non-hydrogen) atoms. The van der Waals surface area contributed by atoms with Gasteiger partial charge < -0.3 is 10.6 Å². The minimum absolute atomic E-state index is 0.250. The van der Waals surface area contributed by atoms with Crippen molar-refractivity contribution in [2.45, 2.75) is 26.4 Å². The first kappa shape index (κ1) is 14.0. The predicted octanol–water partition coefficient (Wildman–Crippen LogP) is 3.25. The smallest absolute Gasteiger partial charge is 0.130 e. The van der Waals surface area contributed by atoms with Crippen LogP contribution in [0.4, 0.5) is 10.1 Å². The Hall–Kier alpha value is -1.46. The van der Waals surface area contributed by atoms with E-state index in [0.29, 0.717) is 12.1 Å². The Bertz CT molecular complexity index is 566. The number of aryl methyl sites for hydroxylation is 1. The van der Waals surface area contributed by atoms with Crippen molar-refractivity contribution in [3.05, 3.63) is 45.7 Å². The molecule has 0 spiro atoms. The van der Waals surface area contributed by atoms with Crippen LogP contribution in [0, 0.1) is 12.7 Å². The summed E-state index contributed by atoms with van der Waals surface area (Å²) in [5.74, 6) is -0.250. The number of rotatable bonds is 4. The van der Waals surface area contributed by atoms with Gasteiger partial charge in [-0.25, -0.2) is 9.37 Å². The van der Waals surface area contributed by atoms with Gasteiger partial charge in [-0.15, -0.1) is 11.3 Å². The number of nitrogens with zero attached hydrogens (tertiary/aromatic N) is 2. The number of hydrogen-bond donors (Lipinski definition) is 1. The molecule has 1 aromatic heterocycles. The van der Waals surface area contributed by atoms with E-state index < -0.39 is 0 Å².